The van der Waals surface area contributed by atoms with E-state index in [-0.39, 0.29) is 11.3 Å². The Kier molecular flexibility index (Phi) is 3.67. The van der Waals surface area contributed by atoms with Gasteiger partial charge in [0.05, 0.1) is 5.41 Å². The molecule has 2 atom stereocenters. The molecule has 1 aliphatic heterocycles. The first kappa shape index (κ1) is 16.3. The SMILES string of the molecule is Cn1cccc1C(=O)N1C[C@H]2CCC[C@@]2(c2nc(-c3ccccc3)no2)C1. The summed E-state index contributed by atoms with van der Waals surface area (Å²) in [6.07, 6.45) is 5.13. The highest BCUT2D eigenvalue weighted by Gasteiger charge is 2.55. The van der Waals surface area contributed by atoms with Crippen LogP contribution in [0.15, 0.2) is 53.2 Å². The molecule has 1 amide bonds. The van der Waals surface area contributed by atoms with Crippen molar-refractivity contribution >= 4 is 5.91 Å². The Morgan fingerprint density at radius 1 is 1.22 bits per heavy atom. The van der Waals surface area contributed by atoms with Crippen molar-refractivity contribution in [1.82, 2.24) is 19.6 Å². The summed E-state index contributed by atoms with van der Waals surface area (Å²) >= 11 is 0. The highest BCUT2D eigenvalue weighted by atomic mass is 16.5. The van der Waals surface area contributed by atoms with Gasteiger partial charge < -0.3 is 14.0 Å². The molecule has 0 spiro atoms. The zero-order chi connectivity index (χ0) is 18.4. The Bertz CT molecular complexity index is 977. The van der Waals surface area contributed by atoms with Gasteiger partial charge in [-0.2, -0.15) is 4.98 Å². The van der Waals surface area contributed by atoms with Crippen LogP contribution in [0.1, 0.15) is 35.6 Å². The Morgan fingerprint density at radius 3 is 2.85 bits per heavy atom. The maximum atomic E-state index is 13.0. The third-order valence-electron chi connectivity index (χ3n) is 6.20. The summed E-state index contributed by atoms with van der Waals surface area (Å²) in [5, 5.41) is 4.23. The van der Waals surface area contributed by atoms with Gasteiger partial charge in [-0.15, -0.1) is 0 Å². The predicted octanol–water partition coefficient (Wildman–Crippen LogP) is 3.27. The number of rotatable bonds is 3. The Morgan fingerprint density at radius 2 is 2.07 bits per heavy atom. The number of hydrogen-bond acceptors (Lipinski definition) is 4. The molecule has 1 saturated heterocycles. The zero-order valence-corrected chi connectivity index (χ0v) is 15.3. The minimum atomic E-state index is -0.207. The van der Waals surface area contributed by atoms with E-state index in [2.05, 4.69) is 5.16 Å². The lowest BCUT2D eigenvalue weighted by molar-refractivity contribution is 0.0765. The molecule has 3 heterocycles. The van der Waals surface area contributed by atoms with E-state index in [1.807, 2.05) is 65.2 Å². The molecule has 2 fully saturated rings. The Hall–Kier alpha value is -2.89. The van der Waals surface area contributed by atoms with Gasteiger partial charge in [-0.05, 0) is 30.9 Å². The number of carbonyl (C=O) groups is 1. The number of benzene rings is 1. The van der Waals surface area contributed by atoms with Crippen LogP contribution in [-0.4, -0.2) is 38.6 Å². The molecule has 2 aromatic heterocycles. The fourth-order valence-corrected chi connectivity index (χ4v) is 4.77. The predicted molar refractivity (Wildman–Crippen MR) is 100 cm³/mol. The topological polar surface area (TPSA) is 64.2 Å². The van der Waals surface area contributed by atoms with Gasteiger partial charge in [-0.25, -0.2) is 0 Å². The summed E-state index contributed by atoms with van der Waals surface area (Å²) in [6.45, 7) is 1.41. The van der Waals surface area contributed by atoms with Gasteiger partial charge >= 0.3 is 0 Å². The number of likely N-dealkylation sites (tertiary alicyclic amines) is 1. The Balaban J connectivity index is 1.46. The van der Waals surface area contributed by atoms with Crippen LogP contribution in [-0.2, 0) is 12.5 Å². The average Bonchev–Trinajstić information content (AvgIpc) is 3.44. The standard InChI is InChI=1S/C21H22N4O2/c1-24-12-6-10-17(24)19(26)25-13-16-9-5-11-21(16,14-25)20-22-18(23-27-20)15-7-3-2-4-8-15/h2-4,6-8,10,12,16H,5,9,11,13-14H2,1H3/t16-,21-/m1/s1. The van der Waals surface area contributed by atoms with Gasteiger partial charge in [-0.3, -0.25) is 4.79 Å². The van der Waals surface area contributed by atoms with Gasteiger partial charge in [0.2, 0.25) is 11.7 Å². The van der Waals surface area contributed by atoms with Crippen LogP contribution in [0.2, 0.25) is 0 Å². The molecule has 3 aromatic rings. The van der Waals surface area contributed by atoms with E-state index in [9.17, 15) is 4.79 Å². The number of hydrogen-bond donors (Lipinski definition) is 0. The second-order valence-electron chi connectivity index (χ2n) is 7.72. The summed E-state index contributed by atoms with van der Waals surface area (Å²) in [4.78, 5) is 19.7. The Labute approximate surface area is 157 Å². The molecule has 6 nitrogen and oxygen atoms in total. The lowest BCUT2D eigenvalue weighted by Gasteiger charge is -2.24. The van der Waals surface area contributed by atoms with E-state index in [1.54, 1.807) is 0 Å². The lowest BCUT2D eigenvalue weighted by atomic mass is 9.80. The number of amides is 1. The maximum Gasteiger partial charge on any atom is 0.270 e. The normalized spacial score (nSPS) is 24.3. The molecule has 2 aliphatic rings. The van der Waals surface area contributed by atoms with Crippen LogP contribution in [0.5, 0.6) is 0 Å². The summed E-state index contributed by atoms with van der Waals surface area (Å²) in [7, 11) is 1.91. The summed E-state index contributed by atoms with van der Waals surface area (Å²) in [6, 6.07) is 13.7. The van der Waals surface area contributed by atoms with Gasteiger partial charge in [0.1, 0.15) is 5.69 Å². The van der Waals surface area contributed by atoms with Crippen LogP contribution < -0.4 is 0 Å². The first-order chi connectivity index (χ1) is 13.2. The molecule has 0 bridgehead atoms. The molecular weight excluding hydrogens is 340 g/mol. The highest BCUT2D eigenvalue weighted by Crippen LogP contribution is 2.50. The fraction of sp³-hybridized carbons (Fsp3) is 0.381. The first-order valence-electron chi connectivity index (χ1n) is 9.48. The quantitative estimate of drug-likeness (QED) is 0.717. The minimum absolute atomic E-state index is 0.0825. The van der Waals surface area contributed by atoms with Crippen LogP contribution in [0.4, 0.5) is 0 Å². The van der Waals surface area contributed by atoms with Crippen molar-refractivity contribution < 1.29 is 9.32 Å². The largest absolute Gasteiger partial charge is 0.347 e. The van der Waals surface area contributed by atoms with E-state index in [1.165, 1.54) is 0 Å². The molecule has 1 saturated carbocycles. The summed E-state index contributed by atoms with van der Waals surface area (Å²) < 4.78 is 7.62. The van der Waals surface area contributed by atoms with E-state index < -0.39 is 0 Å². The van der Waals surface area contributed by atoms with Crippen molar-refractivity contribution in [3.63, 3.8) is 0 Å². The van der Waals surface area contributed by atoms with Crippen LogP contribution in [0.25, 0.3) is 11.4 Å². The number of fused-ring (bicyclic) bond motifs is 1. The fourth-order valence-electron chi connectivity index (χ4n) is 4.77. The second-order valence-corrected chi connectivity index (χ2v) is 7.72. The monoisotopic (exact) mass is 362 g/mol. The second kappa shape index (κ2) is 6.08. The highest BCUT2D eigenvalue weighted by molar-refractivity contribution is 5.93. The van der Waals surface area contributed by atoms with Gasteiger partial charge in [0, 0.05) is 31.9 Å². The van der Waals surface area contributed by atoms with Crippen molar-refractivity contribution in [2.45, 2.75) is 24.7 Å². The summed E-state index contributed by atoms with van der Waals surface area (Å²) in [5.41, 5.74) is 1.47. The molecular formula is C21H22N4O2. The van der Waals surface area contributed by atoms with Crippen LogP contribution in [0, 0.1) is 5.92 Å². The molecule has 5 rings (SSSR count). The molecule has 1 aliphatic carbocycles. The molecule has 0 unspecified atom stereocenters. The molecule has 6 heteroatoms. The first-order valence-corrected chi connectivity index (χ1v) is 9.48. The van der Waals surface area contributed by atoms with Gasteiger partial charge in [0.15, 0.2) is 0 Å². The molecule has 138 valence electrons. The molecule has 0 N–H and O–H groups in total. The van der Waals surface area contributed by atoms with Crippen molar-refractivity contribution in [2.24, 2.45) is 13.0 Å². The van der Waals surface area contributed by atoms with Crippen molar-refractivity contribution in [1.29, 1.82) is 0 Å². The third-order valence-corrected chi connectivity index (χ3v) is 6.20. The van der Waals surface area contributed by atoms with Crippen LogP contribution in [0.3, 0.4) is 0 Å². The van der Waals surface area contributed by atoms with Crippen LogP contribution >= 0.6 is 0 Å². The van der Waals surface area contributed by atoms with Gasteiger partial charge in [-0.1, -0.05) is 41.9 Å². The molecule has 1 aromatic carbocycles. The van der Waals surface area contributed by atoms with Gasteiger partial charge in [0.25, 0.3) is 5.91 Å². The van der Waals surface area contributed by atoms with E-state index in [0.29, 0.717) is 24.2 Å². The number of nitrogens with zero attached hydrogens (tertiary/aromatic N) is 4. The lowest BCUT2D eigenvalue weighted by Crippen LogP contribution is -2.35. The van der Waals surface area contributed by atoms with E-state index >= 15 is 0 Å². The van der Waals surface area contributed by atoms with Crippen molar-refractivity contribution in [2.75, 3.05) is 13.1 Å². The zero-order valence-electron chi connectivity index (χ0n) is 15.3. The van der Waals surface area contributed by atoms with Crippen molar-refractivity contribution in [3.05, 3.63) is 60.2 Å². The minimum Gasteiger partial charge on any atom is -0.347 e. The maximum absolute atomic E-state index is 13.0. The number of aryl methyl sites for hydroxylation is 1. The smallest absolute Gasteiger partial charge is 0.270 e. The summed E-state index contributed by atoms with van der Waals surface area (Å²) in [5.74, 6) is 1.77. The number of carbonyl (C=O) groups excluding carboxylic acids is 1. The van der Waals surface area contributed by atoms with E-state index in [0.717, 1.165) is 37.1 Å². The third kappa shape index (κ3) is 2.51. The van der Waals surface area contributed by atoms with Crippen molar-refractivity contribution in [3.8, 4) is 11.4 Å². The molecule has 27 heavy (non-hydrogen) atoms. The number of aromatic nitrogens is 3. The average molecular weight is 362 g/mol. The molecule has 0 radical (unpaired) electrons. The van der Waals surface area contributed by atoms with E-state index in [4.69, 9.17) is 9.51 Å².